The van der Waals surface area contributed by atoms with Gasteiger partial charge in [-0.15, -0.1) is 0 Å². The van der Waals surface area contributed by atoms with Crippen LogP contribution >= 0.6 is 0 Å². The smallest absolute Gasteiger partial charge is 0.138 e. The monoisotopic (exact) mass is 195 g/mol. The number of fused-ring (bicyclic) bond motifs is 1. The van der Waals surface area contributed by atoms with E-state index >= 15 is 0 Å². The van der Waals surface area contributed by atoms with Crippen LogP contribution in [0, 0.1) is 25.5 Å². The zero-order valence-electron chi connectivity index (χ0n) is 8.36. The highest BCUT2D eigenvalue weighted by molar-refractivity contribution is 5.82. The fourth-order valence-electron chi connectivity index (χ4n) is 1.64. The van der Waals surface area contributed by atoms with Crippen LogP contribution in [0.15, 0.2) is 12.1 Å². The maximum Gasteiger partial charge on any atom is 0.138 e. The summed E-state index contributed by atoms with van der Waals surface area (Å²) in [5.41, 5.74) is 1.61. The lowest BCUT2D eigenvalue weighted by molar-refractivity contribution is 0.576. The van der Waals surface area contributed by atoms with Crippen molar-refractivity contribution in [3.8, 4) is 0 Å². The molecule has 0 fully saturated rings. The molecule has 1 nitrogen and oxygen atoms in total. The van der Waals surface area contributed by atoms with E-state index in [0.717, 1.165) is 5.69 Å². The number of hydrogen-bond acceptors (Lipinski definition) is 0. The van der Waals surface area contributed by atoms with E-state index in [4.69, 9.17) is 0 Å². The second kappa shape index (κ2) is 2.80. The van der Waals surface area contributed by atoms with Crippen molar-refractivity contribution in [3.63, 3.8) is 0 Å². The molecule has 0 aliphatic heterocycles. The molecule has 0 amide bonds. The minimum atomic E-state index is -0.490. The van der Waals surface area contributed by atoms with E-state index in [2.05, 4.69) is 0 Å². The summed E-state index contributed by atoms with van der Waals surface area (Å²) in [6, 6.07) is 3.11. The standard InChI is InChI=1S/C11H11F2N/c1-6-4-8-10(14(6)3)5-9(12)7(2)11(8)13/h4-5H,1-3H3. The largest absolute Gasteiger partial charge is 0.348 e. The van der Waals surface area contributed by atoms with Crippen LogP contribution in [0.4, 0.5) is 8.78 Å². The molecule has 0 saturated heterocycles. The summed E-state index contributed by atoms with van der Waals surface area (Å²) in [5, 5.41) is 0.490. The molecule has 0 saturated carbocycles. The molecule has 1 aromatic carbocycles. The van der Waals surface area contributed by atoms with Crippen LogP contribution in [-0.2, 0) is 7.05 Å². The molecule has 3 heteroatoms. The molecule has 14 heavy (non-hydrogen) atoms. The first-order valence-corrected chi connectivity index (χ1v) is 4.43. The second-order valence-corrected chi connectivity index (χ2v) is 3.57. The topological polar surface area (TPSA) is 4.93 Å². The Morgan fingerprint density at radius 2 is 1.79 bits per heavy atom. The van der Waals surface area contributed by atoms with E-state index in [9.17, 15) is 8.78 Å². The Morgan fingerprint density at radius 1 is 1.14 bits per heavy atom. The van der Waals surface area contributed by atoms with E-state index in [1.165, 1.54) is 13.0 Å². The molecule has 1 aromatic heterocycles. The minimum absolute atomic E-state index is 0.0862. The number of hydrogen-bond donors (Lipinski definition) is 0. The number of rotatable bonds is 0. The van der Waals surface area contributed by atoms with Crippen molar-refractivity contribution in [1.82, 2.24) is 4.57 Å². The van der Waals surface area contributed by atoms with Crippen LogP contribution in [0.5, 0.6) is 0 Å². The summed E-state index contributed by atoms with van der Waals surface area (Å²) in [6.45, 7) is 3.32. The van der Waals surface area contributed by atoms with E-state index in [1.807, 2.05) is 6.92 Å². The lowest BCUT2D eigenvalue weighted by atomic mass is 10.1. The van der Waals surface area contributed by atoms with Gasteiger partial charge in [-0.3, -0.25) is 0 Å². The average molecular weight is 195 g/mol. The third kappa shape index (κ3) is 1.05. The highest BCUT2D eigenvalue weighted by atomic mass is 19.1. The van der Waals surface area contributed by atoms with Gasteiger partial charge in [-0.05, 0) is 26.0 Å². The molecule has 0 N–H and O–H groups in total. The number of benzene rings is 1. The van der Waals surface area contributed by atoms with Crippen LogP contribution in [-0.4, -0.2) is 4.57 Å². The van der Waals surface area contributed by atoms with Crippen molar-refractivity contribution in [2.24, 2.45) is 7.05 Å². The molecule has 2 rings (SSSR count). The average Bonchev–Trinajstić information content (AvgIpc) is 2.42. The third-order valence-corrected chi connectivity index (χ3v) is 2.71. The fraction of sp³-hybridized carbons (Fsp3) is 0.273. The lowest BCUT2D eigenvalue weighted by Crippen LogP contribution is -1.93. The molecule has 2 aromatic rings. The molecular weight excluding hydrogens is 184 g/mol. The van der Waals surface area contributed by atoms with Crippen LogP contribution < -0.4 is 0 Å². The van der Waals surface area contributed by atoms with Crippen molar-refractivity contribution in [2.45, 2.75) is 13.8 Å². The van der Waals surface area contributed by atoms with Crippen LogP contribution in [0.3, 0.4) is 0 Å². The summed E-state index contributed by atoms with van der Waals surface area (Å²) in [4.78, 5) is 0. The van der Waals surface area contributed by atoms with Crippen LogP contribution in [0.2, 0.25) is 0 Å². The van der Waals surface area contributed by atoms with Crippen molar-refractivity contribution in [3.05, 3.63) is 35.0 Å². The van der Waals surface area contributed by atoms with Gasteiger partial charge in [0.25, 0.3) is 0 Å². The summed E-state index contributed by atoms with van der Waals surface area (Å²) in [5.74, 6) is -0.945. The Hall–Kier alpha value is -1.38. The first-order chi connectivity index (χ1) is 6.52. The quantitative estimate of drug-likeness (QED) is 0.608. The lowest BCUT2D eigenvalue weighted by Gasteiger charge is -2.02. The van der Waals surface area contributed by atoms with Crippen molar-refractivity contribution < 1.29 is 8.78 Å². The number of halogens is 2. The van der Waals surface area contributed by atoms with Gasteiger partial charge in [0, 0.05) is 23.7 Å². The Morgan fingerprint density at radius 3 is 2.43 bits per heavy atom. The minimum Gasteiger partial charge on any atom is -0.348 e. The molecule has 0 bridgehead atoms. The van der Waals surface area contributed by atoms with Gasteiger partial charge in [-0.2, -0.15) is 0 Å². The van der Waals surface area contributed by atoms with Gasteiger partial charge in [0.2, 0.25) is 0 Å². The van der Waals surface area contributed by atoms with Gasteiger partial charge in [0.1, 0.15) is 11.6 Å². The molecule has 0 aliphatic carbocycles. The summed E-state index contributed by atoms with van der Waals surface area (Å²) >= 11 is 0. The number of aromatic nitrogens is 1. The Kier molecular flexibility index (Phi) is 1.84. The SMILES string of the molecule is Cc1c(F)cc2c(cc(C)n2C)c1F. The van der Waals surface area contributed by atoms with Crippen molar-refractivity contribution in [1.29, 1.82) is 0 Å². The Bertz CT molecular complexity index is 512. The molecule has 1 heterocycles. The van der Waals surface area contributed by atoms with E-state index < -0.39 is 11.6 Å². The van der Waals surface area contributed by atoms with Gasteiger partial charge >= 0.3 is 0 Å². The summed E-state index contributed by atoms with van der Waals surface area (Å²) in [6.07, 6.45) is 0. The summed E-state index contributed by atoms with van der Waals surface area (Å²) in [7, 11) is 1.80. The Balaban J connectivity index is 2.98. The predicted molar refractivity (Wildman–Crippen MR) is 52.3 cm³/mol. The zero-order valence-corrected chi connectivity index (χ0v) is 8.36. The van der Waals surface area contributed by atoms with Crippen LogP contribution in [0.1, 0.15) is 11.3 Å². The van der Waals surface area contributed by atoms with Crippen molar-refractivity contribution >= 4 is 10.9 Å². The highest BCUT2D eigenvalue weighted by Crippen LogP contribution is 2.25. The van der Waals surface area contributed by atoms with Gasteiger partial charge in [-0.25, -0.2) is 8.78 Å². The highest BCUT2D eigenvalue weighted by Gasteiger charge is 2.13. The Labute approximate surface area is 81.0 Å². The molecule has 0 atom stereocenters. The number of aryl methyl sites for hydroxylation is 2. The van der Waals surface area contributed by atoms with E-state index in [0.29, 0.717) is 10.9 Å². The molecule has 0 aliphatic rings. The molecule has 0 unspecified atom stereocenters. The zero-order chi connectivity index (χ0) is 10.5. The van der Waals surface area contributed by atoms with Crippen molar-refractivity contribution in [2.75, 3.05) is 0 Å². The normalized spacial score (nSPS) is 11.2. The maximum absolute atomic E-state index is 13.6. The van der Waals surface area contributed by atoms with Crippen LogP contribution in [0.25, 0.3) is 10.9 Å². The second-order valence-electron chi connectivity index (χ2n) is 3.57. The van der Waals surface area contributed by atoms with E-state index in [1.54, 1.807) is 17.7 Å². The summed E-state index contributed by atoms with van der Waals surface area (Å²) < 4.78 is 28.6. The van der Waals surface area contributed by atoms with Gasteiger partial charge in [-0.1, -0.05) is 0 Å². The molecule has 0 spiro atoms. The first kappa shape index (κ1) is 9.19. The van der Waals surface area contributed by atoms with Gasteiger partial charge < -0.3 is 4.57 Å². The predicted octanol–water partition coefficient (Wildman–Crippen LogP) is 3.07. The van der Waals surface area contributed by atoms with Gasteiger partial charge in [0.05, 0.1) is 5.52 Å². The van der Waals surface area contributed by atoms with Gasteiger partial charge in [0.15, 0.2) is 0 Å². The molecular formula is C11H11F2N. The molecule has 0 radical (unpaired) electrons. The maximum atomic E-state index is 13.6. The molecule has 74 valence electrons. The first-order valence-electron chi connectivity index (χ1n) is 4.43. The fourth-order valence-corrected chi connectivity index (χ4v) is 1.64. The number of nitrogens with zero attached hydrogens (tertiary/aromatic N) is 1. The van der Waals surface area contributed by atoms with E-state index in [-0.39, 0.29) is 5.56 Å². The third-order valence-electron chi connectivity index (χ3n) is 2.71.